The van der Waals surface area contributed by atoms with E-state index in [9.17, 15) is 4.79 Å². The number of carbonyl (C=O) groups excluding carboxylic acids is 1. The maximum Gasteiger partial charge on any atom is 0.275 e. The molecule has 0 saturated heterocycles. The molecule has 1 aromatic heterocycles. The summed E-state index contributed by atoms with van der Waals surface area (Å²) in [4.78, 5) is 21.3. The molecule has 138 valence electrons. The largest absolute Gasteiger partial charge is 0.320 e. The highest BCUT2D eigenvalue weighted by Gasteiger charge is 2.16. The molecule has 0 saturated carbocycles. The van der Waals surface area contributed by atoms with Gasteiger partial charge in [0.15, 0.2) is 10.9 Å². The topological polar surface area (TPSA) is 54.9 Å². The molecule has 0 radical (unpaired) electrons. The van der Waals surface area contributed by atoms with Crippen molar-refractivity contribution in [3.05, 3.63) is 81.6 Å². The van der Waals surface area contributed by atoms with Gasteiger partial charge in [0.25, 0.3) is 5.91 Å². The van der Waals surface area contributed by atoms with Crippen LogP contribution < -0.4 is 5.32 Å². The molecule has 2 aromatic carbocycles. The number of hydrogen-bond acceptors (Lipinski definition) is 4. The van der Waals surface area contributed by atoms with E-state index in [1.165, 1.54) is 29.1 Å². The maximum absolute atomic E-state index is 12.7. The van der Waals surface area contributed by atoms with Gasteiger partial charge in [-0.1, -0.05) is 65.3 Å². The summed E-state index contributed by atoms with van der Waals surface area (Å²) in [5.41, 5.74) is 5.37. The fourth-order valence-electron chi connectivity index (χ4n) is 2.58. The van der Waals surface area contributed by atoms with Gasteiger partial charge in [-0.15, -0.1) is 0 Å². The highest BCUT2D eigenvalue weighted by atomic mass is 35.5. The number of nitrogens with zero attached hydrogens (tertiary/aromatic N) is 2. The van der Waals surface area contributed by atoms with Crippen LogP contribution >= 0.6 is 23.4 Å². The molecule has 0 spiro atoms. The van der Waals surface area contributed by atoms with Gasteiger partial charge in [-0.05, 0) is 43.5 Å². The number of nitrogens with one attached hydrogen (secondary N) is 1. The second kappa shape index (κ2) is 8.55. The number of thioether (sulfide) groups is 1. The van der Waals surface area contributed by atoms with E-state index in [1.54, 1.807) is 0 Å². The van der Waals surface area contributed by atoms with Gasteiger partial charge in [0.1, 0.15) is 0 Å². The number of rotatable bonds is 5. The summed E-state index contributed by atoms with van der Waals surface area (Å²) < 4.78 is 0. The van der Waals surface area contributed by atoms with Crippen LogP contribution in [0.3, 0.4) is 0 Å². The Morgan fingerprint density at radius 2 is 1.89 bits per heavy atom. The fraction of sp³-hybridized carbons (Fsp3) is 0.190. The summed E-state index contributed by atoms with van der Waals surface area (Å²) in [6, 6.07) is 14.2. The molecule has 0 bridgehead atoms. The third kappa shape index (κ3) is 5.08. The Labute approximate surface area is 168 Å². The Balaban J connectivity index is 1.76. The first kappa shape index (κ1) is 19.4. The molecule has 3 rings (SSSR count). The Hall–Kier alpha value is -2.37. The first-order valence-corrected chi connectivity index (χ1v) is 9.88. The molecule has 3 aromatic rings. The SMILES string of the molecule is Cc1cccc(CSc2ncc(Cl)c(C(=O)Nc3cc(C)ccc3C)n2)c1. The van der Waals surface area contributed by atoms with E-state index < -0.39 is 0 Å². The van der Waals surface area contributed by atoms with Crippen LogP contribution in [0.4, 0.5) is 5.69 Å². The normalized spacial score (nSPS) is 10.7. The lowest BCUT2D eigenvalue weighted by Gasteiger charge is -2.10. The number of anilines is 1. The van der Waals surface area contributed by atoms with E-state index in [0.717, 1.165) is 22.6 Å². The molecule has 1 amide bonds. The molecule has 6 heteroatoms. The van der Waals surface area contributed by atoms with Crippen molar-refractivity contribution in [1.82, 2.24) is 9.97 Å². The Kier molecular flexibility index (Phi) is 6.14. The van der Waals surface area contributed by atoms with Crippen molar-refractivity contribution in [2.75, 3.05) is 5.32 Å². The van der Waals surface area contributed by atoms with Gasteiger partial charge in [-0.25, -0.2) is 9.97 Å². The summed E-state index contributed by atoms with van der Waals surface area (Å²) in [5.74, 6) is 0.384. The smallest absolute Gasteiger partial charge is 0.275 e. The van der Waals surface area contributed by atoms with E-state index in [0.29, 0.717) is 5.16 Å². The monoisotopic (exact) mass is 397 g/mol. The van der Waals surface area contributed by atoms with Crippen molar-refractivity contribution < 1.29 is 4.79 Å². The Morgan fingerprint density at radius 1 is 1.11 bits per heavy atom. The van der Waals surface area contributed by atoms with Crippen molar-refractivity contribution in [1.29, 1.82) is 0 Å². The van der Waals surface area contributed by atoms with Gasteiger partial charge in [-0.3, -0.25) is 4.79 Å². The van der Waals surface area contributed by atoms with Crippen LogP contribution in [0.25, 0.3) is 0 Å². The zero-order chi connectivity index (χ0) is 19.4. The predicted octanol–water partition coefficient (Wildman–Crippen LogP) is 5.60. The number of amides is 1. The van der Waals surface area contributed by atoms with Gasteiger partial charge in [0.05, 0.1) is 11.2 Å². The average molecular weight is 398 g/mol. The minimum absolute atomic E-state index is 0.180. The van der Waals surface area contributed by atoms with Crippen LogP contribution in [0.5, 0.6) is 0 Å². The molecular weight excluding hydrogens is 378 g/mol. The minimum Gasteiger partial charge on any atom is -0.320 e. The standard InChI is InChI=1S/C21H20ClN3OS/c1-13-5-4-6-16(9-13)12-27-21-23-11-17(22)19(25-21)20(26)24-18-10-14(2)7-8-15(18)3/h4-11H,12H2,1-3H3,(H,24,26). The number of aromatic nitrogens is 2. The molecule has 1 N–H and O–H groups in total. The lowest BCUT2D eigenvalue weighted by atomic mass is 10.1. The van der Waals surface area contributed by atoms with Gasteiger partial charge in [0, 0.05) is 11.4 Å². The first-order valence-electron chi connectivity index (χ1n) is 8.52. The number of carbonyl (C=O) groups is 1. The third-order valence-electron chi connectivity index (χ3n) is 4.03. The van der Waals surface area contributed by atoms with Crippen molar-refractivity contribution >= 4 is 35.0 Å². The molecular formula is C21H20ClN3OS. The van der Waals surface area contributed by atoms with Crippen LogP contribution in [-0.2, 0) is 5.75 Å². The molecule has 1 heterocycles. The summed E-state index contributed by atoms with van der Waals surface area (Å²) in [7, 11) is 0. The van der Waals surface area contributed by atoms with E-state index in [4.69, 9.17) is 11.6 Å². The fourth-order valence-corrected chi connectivity index (χ4v) is 3.52. The molecule has 27 heavy (non-hydrogen) atoms. The quantitative estimate of drug-likeness (QED) is 0.449. The lowest BCUT2D eigenvalue weighted by Crippen LogP contribution is -2.16. The number of aryl methyl sites for hydroxylation is 3. The van der Waals surface area contributed by atoms with Gasteiger partial charge in [-0.2, -0.15) is 0 Å². The van der Waals surface area contributed by atoms with E-state index in [-0.39, 0.29) is 16.6 Å². The summed E-state index contributed by atoms with van der Waals surface area (Å²) in [6.07, 6.45) is 1.48. The minimum atomic E-state index is -0.339. The van der Waals surface area contributed by atoms with Crippen molar-refractivity contribution in [2.45, 2.75) is 31.7 Å². The molecule has 0 unspecified atom stereocenters. The second-order valence-corrected chi connectivity index (χ2v) is 7.75. The van der Waals surface area contributed by atoms with Gasteiger partial charge < -0.3 is 5.32 Å². The van der Waals surface area contributed by atoms with Gasteiger partial charge >= 0.3 is 0 Å². The zero-order valence-corrected chi connectivity index (χ0v) is 17.0. The van der Waals surface area contributed by atoms with E-state index in [2.05, 4.69) is 40.4 Å². The molecule has 0 aliphatic carbocycles. The van der Waals surface area contributed by atoms with Crippen LogP contribution in [-0.4, -0.2) is 15.9 Å². The molecule has 0 aliphatic heterocycles. The first-order chi connectivity index (χ1) is 12.9. The highest BCUT2D eigenvalue weighted by Crippen LogP contribution is 2.24. The third-order valence-corrected chi connectivity index (χ3v) is 5.24. The maximum atomic E-state index is 12.7. The number of benzene rings is 2. The summed E-state index contributed by atoms with van der Waals surface area (Å²) in [6.45, 7) is 5.98. The molecule has 0 atom stereocenters. The second-order valence-electron chi connectivity index (χ2n) is 6.40. The van der Waals surface area contributed by atoms with Crippen LogP contribution in [0.1, 0.15) is 32.7 Å². The predicted molar refractivity (Wildman–Crippen MR) is 112 cm³/mol. The van der Waals surface area contributed by atoms with Crippen molar-refractivity contribution in [3.63, 3.8) is 0 Å². The van der Waals surface area contributed by atoms with Gasteiger partial charge in [0.2, 0.25) is 0 Å². The highest BCUT2D eigenvalue weighted by molar-refractivity contribution is 7.98. The van der Waals surface area contributed by atoms with Crippen LogP contribution in [0.2, 0.25) is 5.02 Å². The molecule has 0 fully saturated rings. The van der Waals surface area contributed by atoms with E-state index >= 15 is 0 Å². The summed E-state index contributed by atoms with van der Waals surface area (Å²) in [5, 5.41) is 3.65. The Bertz CT molecular complexity index is 991. The van der Waals surface area contributed by atoms with Crippen molar-refractivity contribution in [2.24, 2.45) is 0 Å². The summed E-state index contributed by atoms with van der Waals surface area (Å²) >= 11 is 7.64. The number of hydrogen-bond donors (Lipinski definition) is 1. The lowest BCUT2D eigenvalue weighted by molar-refractivity contribution is 0.102. The average Bonchev–Trinajstić information content (AvgIpc) is 2.64. The van der Waals surface area contributed by atoms with E-state index in [1.807, 2.05) is 38.1 Å². The molecule has 0 aliphatic rings. The van der Waals surface area contributed by atoms with Crippen molar-refractivity contribution in [3.8, 4) is 0 Å². The number of halogens is 1. The van der Waals surface area contributed by atoms with Crippen LogP contribution in [0, 0.1) is 20.8 Å². The zero-order valence-electron chi connectivity index (χ0n) is 15.4. The Morgan fingerprint density at radius 3 is 2.67 bits per heavy atom. The van der Waals surface area contributed by atoms with Crippen LogP contribution in [0.15, 0.2) is 53.8 Å². The molecule has 4 nitrogen and oxygen atoms in total.